The summed E-state index contributed by atoms with van der Waals surface area (Å²) < 4.78 is 0. The normalized spacial score (nSPS) is 12.9. The lowest BCUT2D eigenvalue weighted by Gasteiger charge is -2.02. The third-order valence-electron chi connectivity index (χ3n) is 2.38. The molecule has 0 spiro atoms. The molecule has 0 saturated heterocycles. The molecule has 0 aromatic heterocycles. The number of carbonyl (C=O) groups excluding carboxylic acids is 1. The fraction of sp³-hybridized carbons (Fsp3) is 0.0714. The van der Waals surface area contributed by atoms with Gasteiger partial charge in [0.15, 0.2) is 0 Å². The molecule has 4 heteroatoms. The van der Waals surface area contributed by atoms with E-state index in [1.807, 2.05) is 18.2 Å². The third-order valence-corrected chi connectivity index (χ3v) is 2.89. The number of benzene rings is 1. The van der Waals surface area contributed by atoms with Crippen LogP contribution in [0.2, 0.25) is 10.0 Å². The monoisotopic (exact) mass is 278 g/mol. The van der Waals surface area contributed by atoms with Gasteiger partial charge in [-0.2, -0.15) is 0 Å². The van der Waals surface area contributed by atoms with E-state index in [0.717, 1.165) is 12.0 Å². The van der Waals surface area contributed by atoms with Crippen LogP contribution >= 0.6 is 23.2 Å². The minimum absolute atomic E-state index is 0.0200. The van der Waals surface area contributed by atoms with Gasteiger partial charge in [0.2, 0.25) is 5.78 Å². The molecule has 2 rings (SSSR count). The highest BCUT2D eigenvalue weighted by molar-refractivity contribution is 6.36. The maximum absolute atomic E-state index is 11.8. The van der Waals surface area contributed by atoms with Gasteiger partial charge in [0.1, 0.15) is 5.75 Å². The van der Waals surface area contributed by atoms with Crippen LogP contribution in [-0.2, 0) is 0 Å². The molecule has 0 unspecified atom stereocenters. The number of hydrogen-bond donors (Lipinski definition) is 1. The molecule has 0 radical (unpaired) electrons. The van der Waals surface area contributed by atoms with Gasteiger partial charge in [0.25, 0.3) is 0 Å². The standard InChI is InChI=1S/C14H8Cl2O2/c15-10-7-11(14(18)12(16)8-10)13(17)6-5-9-3-1-2-4-9/h1-3,7-8,18H,4H2. The van der Waals surface area contributed by atoms with Crippen LogP contribution in [0.25, 0.3) is 0 Å². The van der Waals surface area contributed by atoms with Crippen molar-refractivity contribution in [2.45, 2.75) is 6.42 Å². The first-order chi connectivity index (χ1) is 8.58. The van der Waals surface area contributed by atoms with E-state index in [9.17, 15) is 9.90 Å². The van der Waals surface area contributed by atoms with Crippen LogP contribution in [0.5, 0.6) is 5.75 Å². The van der Waals surface area contributed by atoms with Gasteiger partial charge in [0.05, 0.1) is 10.6 Å². The Bertz CT molecular complexity index is 631. The van der Waals surface area contributed by atoms with Crippen molar-refractivity contribution in [2.75, 3.05) is 0 Å². The van der Waals surface area contributed by atoms with Crippen LogP contribution in [-0.4, -0.2) is 10.9 Å². The van der Waals surface area contributed by atoms with Crippen LogP contribution in [0.1, 0.15) is 16.8 Å². The predicted molar refractivity (Wildman–Crippen MR) is 72.1 cm³/mol. The lowest BCUT2D eigenvalue weighted by atomic mass is 10.1. The summed E-state index contributed by atoms with van der Waals surface area (Å²) in [5.74, 6) is 4.41. The molecule has 0 aliphatic heterocycles. The Morgan fingerprint density at radius 2 is 2.11 bits per heavy atom. The summed E-state index contributed by atoms with van der Waals surface area (Å²) in [6.07, 6.45) is 6.39. The molecule has 0 bridgehead atoms. The first-order valence-corrected chi connectivity index (χ1v) is 5.93. The summed E-state index contributed by atoms with van der Waals surface area (Å²) in [5, 5.41) is 10.00. The van der Waals surface area contributed by atoms with Gasteiger partial charge in [-0.25, -0.2) is 0 Å². The van der Waals surface area contributed by atoms with Gasteiger partial charge in [-0.05, 0) is 24.5 Å². The molecule has 0 atom stereocenters. The van der Waals surface area contributed by atoms with Crippen LogP contribution in [0.15, 0.2) is 35.9 Å². The van der Waals surface area contributed by atoms with Crippen molar-refractivity contribution in [1.82, 2.24) is 0 Å². The van der Waals surface area contributed by atoms with Gasteiger partial charge in [-0.1, -0.05) is 47.4 Å². The molecule has 0 amide bonds. The van der Waals surface area contributed by atoms with E-state index in [1.54, 1.807) is 0 Å². The second-order valence-electron chi connectivity index (χ2n) is 3.69. The zero-order valence-corrected chi connectivity index (χ0v) is 10.7. The van der Waals surface area contributed by atoms with E-state index < -0.39 is 5.78 Å². The number of allylic oxidation sites excluding steroid dienone is 4. The number of carbonyl (C=O) groups is 1. The van der Waals surface area contributed by atoms with E-state index >= 15 is 0 Å². The van der Waals surface area contributed by atoms with Crippen molar-refractivity contribution in [2.24, 2.45) is 0 Å². The number of Topliss-reactive ketones (excluding diaryl/α,β-unsaturated/α-hetero) is 1. The lowest BCUT2D eigenvalue weighted by molar-refractivity contribution is 0.105. The number of rotatable bonds is 1. The molecule has 0 fully saturated rings. The zero-order chi connectivity index (χ0) is 13.1. The Labute approximate surface area is 115 Å². The molecule has 1 aliphatic carbocycles. The molecule has 2 nitrogen and oxygen atoms in total. The Hall–Kier alpha value is -1.69. The highest BCUT2D eigenvalue weighted by Gasteiger charge is 2.13. The predicted octanol–water partition coefficient (Wildman–Crippen LogP) is 3.77. The van der Waals surface area contributed by atoms with Crippen LogP contribution in [0.3, 0.4) is 0 Å². The first kappa shape index (κ1) is 12.8. The molecule has 90 valence electrons. The summed E-state index contributed by atoms with van der Waals surface area (Å²) in [4.78, 5) is 11.8. The minimum Gasteiger partial charge on any atom is -0.506 e. The highest BCUT2D eigenvalue weighted by atomic mass is 35.5. The molecule has 1 aromatic carbocycles. The summed E-state index contributed by atoms with van der Waals surface area (Å²) in [7, 11) is 0. The smallest absolute Gasteiger partial charge is 0.240 e. The van der Waals surface area contributed by atoms with Crippen molar-refractivity contribution < 1.29 is 9.90 Å². The second kappa shape index (κ2) is 5.30. The van der Waals surface area contributed by atoms with Crippen LogP contribution in [0, 0.1) is 11.8 Å². The zero-order valence-electron chi connectivity index (χ0n) is 9.21. The van der Waals surface area contributed by atoms with E-state index in [4.69, 9.17) is 23.2 Å². The summed E-state index contributed by atoms with van der Waals surface area (Å²) in [5.41, 5.74) is 0.877. The van der Waals surface area contributed by atoms with Gasteiger partial charge < -0.3 is 5.11 Å². The lowest BCUT2D eigenvalue weighted by Crippen LogP contribution is -1.96. The van der Waals surface area contributed by atoms with E-state index in [-0.39, 0.29) is 21.4 Å². The van der Waals surface area contributed by atoms with Crippen molar-refractivity contribution in [3.05, 3.63) is 51.5 Å². The second-order valence-corrected chi connectivity index (χ2v) is 4.53. The molecule has 18 heavy (non-hydrogen) atoms. The summed E-state index contributed by atoms with van der Waals surface area (Å²) in [6.45, 7) is 0. The van der Waals surface area contributed by atoms with Crippen molar-refractivity contribution >= 4 is 29.0 Å². The quantitative estimate of drug-likeness (QED) is 0.482. The minimum atomic E-state index is -0.510. The number of phenolic OH excluding ortho intramolecular Hbond substituents is 1. The Balaban J connectivity index is 2.29. The fourth-order valence-electron chi connectivity index (χ4n) is 1.48. The molecule has 0 heterocycles. The summed E-state index contributed by atoms with van der Waals surface area (Å²) in [6, 6.07) is 2.72. The molecular formula is C14H8Cl2O2. The number of aromatic hydroxyl groups is 1. The maximum atomic E-state index is 11.8. The molecule has 0 saturated carbocycles. The fourth-order valence-corrected chi connectivity index (χ4v) is 1.98. The summed E-state index contributed by atoms with van der Waals surface area (Å²) >= 11 is 11.5. The van der Waals surface area contributed by atoms with Crippen molar-refractivity contribution in [3.63, 3.8) is 0 Å². The van der Waals surface area contributed by atoms with Crippen LogP contribution in [0.4, 0.5) is 0 Å². The first-order valence-electron chi connectivity index (χ1n) is 5.18. The van der Waals surface area contributed by atoms with Gasteiger partial charge >= 0.3 is 0 Å². The molecule has 1 N–H and O–H groups in total. The van der Waals surface area contributed by atoms with Crippen molar-refractivity contribution in [1.29, 1.82) is 0 Å². The van der Waals surface area contributed by atoms with E-state index in [1.165, 1.54) is 12.1 Å². The number of hydrogen-bond acceptors (Lipinski definition) is 2. The Morgan fingerprint density at radius 1 is 1.33 bits per heavy atom. The largest absolute Gasteiger partial charge is 0.506 e. The average molecular weight is 279 g/mol. The molecular weight excluding hydrogens is 271 g/mol. The number of ketones is 1. The van der Waals surface area contributed by atoms with Gasteiger partial charge in [0, 0.05) is 10.6 Å². The Morgan fingerprint density at radius 3 is 2.78 bits per heavy atom. The Kier molecular flexibility index (Phi) is 3.76. The third kappa shape index (κ3) is 2.76. The number of halogens is 2. The van der Waals surface area contributed by atoms with Gasteiger partial charge in [-0.15, -0.1) is 0 Å². The SMILES string of the molecule is O=C(C#CC1=CC=CC1)c1cc(Cl)cc(Cl)c1O. The van der Waals surface area contributed by atoms with Crippen LogP contribution < -0.4 is 0 Å². The molecule has 1 aromatic rings. The molecule has 1 aliphatic rings. The average Bonchev–Trinajstić information content (AvgIpc) is 2.83. The topological polar surface area (TPSA) is 37.3 Å². The maximum Gasteiger partial charge on any atom is 0.240 e. The van der Waals surface area contributed by atoms with Crippen molar-refractivity contribution in [3.8, 4) is 17.6 Å². The number of phenols is 1. The van der Waals surface area contributed by atoms with E-state index in [0.29, 0.717) is 0 Å². The highest BCUT2D eigenvalue weighted by Crippen LogP contribution is 2.31. The van der Waals surface area contributed by atoms with E-state index in [2.05, 4.69) is 11.8 Å². The van der Waals surface area contributed by atoms with Gasteiger partial charge in [-0.3, -0.25) is 4.79 Å².